The first-order valence-electron chi connectivity index (χ1n) is 12.8. The topological polar surface area (TPSA) is 140 Å². The number of benzene rings is 2. The predicted octanol–water partition coefficient (Wildman–Crippen LogP) is 3.79. The number of hydrogen-bond donors (Lipinski definition) is 3. The minimum absolute atomic E-state index is 0.0496. The number of rotatable bonds is 11. The maximum absolute atomic E-state index is 14.0. The van der Waals surface area contributed by atoms with Gasteiger partial charge in [0.05, 0.1) is 6.42 Å². The molecule has 0 aliphatic carbocycles. The van der Waals surface area contributed by atoms with Crippen molar-refractivity contribution in [2.75, 3.05) is 11.9 Å². The maximum atomic E-state index is 14.0. The number of carbonyl (C=O) groups is 5. The van der Waals surface area contributed by atoms with Crippen LogP contribution in [0.1, 0.15) is 41.0 Å². The lowest BCUT2D eigenvalue weighted by Gasteiger charge is -2.26. The summed E-state index contributed by atoms with van der Waals surface area (Å²) in [6.45, 7) is 6.46. The van der Waals surface area contributed by atoms with E-state index in [1.54, 1.807) is 45.0 Å². The van der Waals surface area contributed by atoms with Gasteiger partial charge in [-0.1, -0.05) is 13.8 Å². The van der Waals surface area contributed by atoms with Gasteiger partial charge in [-0.05, 0) is 73.5 Å². The molecule has 3 N–H and O–H groups in total. The summed E-state index contributed by atoms with van der Waals surface area (Å²) < 4.78 is 65.8. The number of hydrogen-bond acceptors (Lipinski definition) is 7. The van der Waals surface area contributed by atoms with Gasteiger partial charge in [0.2, 0.25) is 17.5 Å². The summed E-state index contributed by atoms with van der Waals surface area (Å²) in [7, 11) is 0. The molecular weight excluding hydrogens is 693 g/mol. The van der Waals surface area contributed by atoms with Gasteiger partial charge in [-0.25, -0.2) is 8.78 Å². The van der Waals surface area contributed by atoms with Gasteiger partial charge in [0, 0.05) is 15.3 Å². The molecule has 0 fully saturated rings. The molecule has 2 atom stereocenters. The summed E-state index contributed by atoms with van der Waals surface area (Å²) in [6, 6.07) is 3.33. The third kappa shape index (κ3) is 10.8. The molecule has 0 saturated carbocycles. The molecule has 0 aromatic heterocycles. The molecule has 0 heterocycles. The minimum Gasteiger partial charge on any atom is -0.479 e. The molecule has 2 aromatic rings. The fraction of sp³-hybridized carbons (Fsp3) is 0.393. The standard InChI is InChI=1S/C28H30F4IN3O7/c1-13(2)23(36-27(41)26(40)34-15-8-6-14(33)7-9-15)25(39)35-18(11-20(38)43-28(3,4)5)19(37)12-42-24-21(31)16(29)10-17(30)22(24)32/h6-10,13,18,23H,11-12H2,1-5H3,(H,34,40)(H,35,39)(H,36,41)/t18-,23-/m0/s1. The van der Waals surface area contributed by atoms with Crippen molar-refractivity contribution in [2.45, 2.75) is 58.7 Å². The lowest BCUT2D eigenvalue weighted by atomic mass is 10.0. The van der Waals surface area contributed by atoms with Crippen molar-refractivity contribution < 1.29 is 51.0 Å². The van der Waals surface area contributed by atoms with Crippen molar-refractivity contribution >= 4 is 57.8 Å². The van der Waals surface area contributed by atoms with E-state index in [1.165, 1.54) is 13.8 Å². The summed E-state index contributed by atoms with van der Waals surface area (Å²) >= 11 is 2.05. The summed E-state index contributed by atoms with van der Waals surface area (Å²) in [5.74, 6) is -14.8. The van der Waals surface area contributed by atoms with Gasteiger partial charge < -0.3 is 25.4 Å². The number of amides is 3. The molecule has 0 saturated heterocycles. The molecule has 0 aliphatic heterocycles. The normalized spacial score (nSPS) is 12.6. The molecule has 2 rings (SSSR count). The monoisotopic (exact) mass is 723 g/mol. The Hall–Kier alpha value is -3.76. The fourth-order valence-corrected chi connectivity index (χ4v) is 3.80. The Labute approximate surface area is 258 Å². The molecular formula is C28H30F4IN3O7. The van der Waals surface area contributed by atoms with Crippen LogP contribution < -0.4 is 20.7 Å². The van der Waals surface area contributed by atoms with E-state index in [0.717, 1.165) is 3.57 Å². The highest BCUT2D eigenvalue weighted by molar-refractivity contribution is 14.1. The lowest BCUT2D eigenvalue weighted by Crippen LogP contribution is -2.56. The van der Waals surface area contributed by atoms with E-state index in [0.29, 0.717) is 5.69 Å². The number of ether oxygens (including phenoxy) is 2. The molecule has 0 aliphatic rings. The third-order valence-electron chi connectivity index (χ3n) is 5.47. The smallest absolute Gasteiger partial charge is 0.313 e. The highest BCUT2D eigenvalue weighted by Crippen LogP contribution is 2.26. The van der Waals surface area contributed by atoms with Crippen molar-refractivity contribution in [1.29, 1.82) is 0 Å². The number of halogens is 5. The first kappa shape index (κ1) is 35.4. The largest absolute Gasteiger partial charge is 0.479 e. The van der Waals surface area contributed by atoms with E-state index < -0.39 is 95.1 Å². The van der Waals surface area contributed by atoms with Gasteiger partial charge in [-0.2, -0.15) is 8.78 Å². The first-order valence-corrected chi connectivity index (χ1v) is 13.9. The maximum Gasteiger partial charge on any atom is 0.313 e. The SMILES string of the molecule is CC(C)[C@H](NC(=O)C(=O)Nc1ccc(I)cc1)C(=O)N[C@@H](CC(=O)OC(C)(C)C)C(=O)COc1c(F)c(F)cc(F)c1F. The number of esters is 1. The second kappa shape index (κ2) is 15.1. The highest BCUT2D eigenvalue weighted by atomic mass is 127. The molecule has 10 nitrogen and oxygen atoms in total. The number of Topliss-reactive ketones (excluding diaryl/α,β-unsaturated/α-hetero) is 1. The van der Waals surface area contributed by atoms with Gasteiger partial charge in [-0.3, -0.25) is 24.0 Å². The van der Waals surface area contributed by atoms with Crippen molar-refractivity contribution in [3.05, 3.63) is 57.2 Å². The zero-order valence-electron chi connectivity index (χ0n) is 23.8. The van der Waals surface area contributed by atoms with Crippen LogP contribution in [0.3, 0.4) is 0 Å². The molecule has 0 unspecified atom stereocenters. The zero-order valence-corrected chi connectivity index (χ0v) is 25.9. The second-order valence-corrected chi connectivity index (χ2v) is 11.8. The Bertz CT molecular complexity index is 1360. The quantitative estimate of drug-likeness (QED) is 0.105. The van der Waals surface area contributed by atoms with Crippen molar-refractivity contribution in [3.8, 4) is 5.75 Å². The molecule has 234 valence electrons. The Morgan fingerprint density at radius 1 is 0.884 bits per heavy atom. The fourth-order valence-electron chi connectivity index (χ4n) is 3.44. The van der Waals surface area contributed by atoms with Gasteiger partial charge in [0.15, 0.2) is 23.2 Å². The molecule has 0 spiro atoms. The van der Waals surface area contributed by atoms with E-state index in [9.17, 15) is 41.5 Å². The van der Waals surface area contributed by atoms with Crippen LogP contribution in [0.15, 0.2) is 30.3 Å². The van der Waals surface area contributed by atoms with Gasteiger partial charge >= 0.3 is 17.8 Å². The Morgan fingerprint density at radius 2 is 1.44 bits per heavy atom. The van der Waals surface area contributed by atoms with Crippen molar-refractivity contribution in [3.63, 3.8) is 0 Å². The van der Waals surface area contributed by atoms with Crippen LogP contribution in [-0.2, 0) is 28.7 Å². The molecule has 43 heavy (non-hydrogen) atoms. The van der Waals surface area contributed by atoms with Crippen LogP contribution in [0.25, 0.3) is 0 Å². The predicted molar refractivity (Wildman–Crippen MR) is 154 cm³/mol. The third-order valence-corrected chi connectivity index (χ3v) is 6.19. The van der Waals surface area contributed by atoms with E-state index in [2.05, 4.69) is 38.5 Å². The molecule has 3 amide bonds. The minimum atomic E-state index is -1.90. The number of ketones is 1. The first-order chi connectivity index (χ1) is 19.9. The number of anilines is 1. The molecule has 0 radical (unpaired) electrons. The Morgan fingerprint density at radius 3 is 1.95 bits per heavy atom. The zero-order chi connectivity index (χ0) is 32.6. The summed E-state index contributed by atoms with van der Waals surface area (Å²) in [4.78, 5) is 63.6. The van der Waals surface area contributed by atoms with Crippen molar-refractivity contribution in [2.24, 2.45) is 5.92 Å². The van der Waals surface area contributed by atoms with Crippen LogP contribution in [0.5, 0.6) is 5.75 Å². The summed E-state index contributed by atoms with van der Waals surface area (Å²) in [6.07, 6.45) is -0.778. The van der Waals surface area contributed by atoms with Crippen LogP contribution in [0.2, 0.25) is 0 Å². The number of nitrogens with one attached hydrogen (secondary N) is 3. The molecule has 0 bridgehead atoms. The van der Waals surface area contributed by atoms with E-state index >= 15 is 0 Å². The molecule has 2 aromatic carbocycles. The van der Waals surface area contributed by atoms with E-state index in [4.69, 9.17) is 9.47 Å². The Kier molecular flexibility index (Phi) is 12.5. The molecule has 15 heteroatoms. The van der Waals surface area contributed by atoms with Gasteiger partial charge in [0.25, 0.3) is 0 Å². The average Bonchev–Trinajstić information content (AvgIpc) is 2.89. The van der Waals surface area contributed by atoms with Gasteiger partial charge in [0.1, 0.15) is 24.3 Å². The van der Waals surface area contributed by atoms with Crippen LogP contribution >= 0.6 is 22.6 Å². The number of carbonyl (C=O) groups excluding carboxylic acids is 5. The second-order valence-electron chi connectivity index (χ2n) is 10.6. The average molecular weight is 723 g/mol. The summed E-state index contributed by atoms with van der Waals surface area (Å²) in [5.41, 5.74) is -0.671. The van der Waals surface area contributed by atoms with Crippen LogP contribution in [0.4, 0.5) is 23.2 Å². The lowest BCUT2D eigenvalue weighted by molar-refractivity contribution is -0.156. The van der Waals surface area contributed by atoms with Gasteiger partial charge in [-0.15, -0.1) is 0 Å². The van der Waals surface area contributed by atoms with Crippen molar-refractivity contribution in [1.82, 2.24) is 10.6 Å². The Balaban J connectivity index is 2.22. The summed E-state index contributed by atoms with van der Waals surface area (Å²) in [5, 5.41) is 6.89. The van der Waals surface area contributed by atoms with Crippen LogP contribution in [-0.4, -0.2) is 53.8 Å². The van der Waals surface area contributed by atoms with E-state index in [1.807, 2.05) is 0 Å². The van der Waals surface area contributed by atoms with E-state index in [-0.39, 0.29) is 6.07 Å². The van der Waals surface area contributed by atoms with Crippen LogP contribution in [0, 0.1) is 32.8 Å². The highest BCUT2D eigenvalue weighted by Gasteiger charge is 2.33.